The molecule has 7 heteroatoms. The van der Waals surface area contributed by atoms with E-state index in [1.807, 2.05) is 27.7 Å². The molecular formula is C11H19N3O2S2. The average Bonchev–Trinajstić information content (AvgIpc) is 2.70. The number of esters is 1. The van der Waals surface area contributed by atoms with Crippen molar-refractivity contribution in [3.05, 3.63) is 5.82 Å². The zero-order valence-electron chi connectivity index (χ0n) is 11.3. The minimum Gasteiger partial charge on any atom is -0.468 e. The molecule has 0 aliphatic heterocycles. The molecule has 0 aliphatic carbocycles. The maximum atomic E-state index is 11.9. The van der Waals surface area contributed by atoms with E-state index in [4.69, 9.17) is 4.74 Å². The van der Waals surface area contributed by atoms with Crippen molar-refractivity contribution in [2.75, 3.05) is 12.9 Å². The summed E-state index contributed by atoms with van der Waals surface area (Å²) in [5.41, 5.74) is -0.715. The van der Waals surface area contributed by atoms with E-state index in [1.165, 1.54) is 30.4 Å². The highest BCUT2D eigenvalue weighted by Gasteiger charge is 2.35. The Morgan fingerprint density at radius 1 is 1.61 bits per heavy atom. The van der Waals surface area contributed by atoms with Gasteiger partial charge in [0.25, 0.3) is 0 Å². The number of carbonyl (C=O) groups excluding carboxylic acids is 1. The molecule has 102 valence electrons. The van der Waals surface area contributed by atoms with Gasteiger partial charge in [0, 0.05) is 11.8 Å². The summed E-state index contributed by atoms with van der Waals surface area (Å²) in [4.78, 5) is 16.1. The molecule has 0 bridgehead atoms. The standard InChI is InChI=1S/C11H19N3O2S2/c1-7(2)13-11(4,9(15)16-5)6-17-10-12-8(3)14-18-10/h7,13H,6H2,1-5H3. The van der Waals surface area contributed by atoms with Crippen LogP contribution in [-0.4, -0.2) is 39.8 Å². The Morgan fingerprint density at radius 3 is 2.72 bits per heavy atom. The van der Waals surface area contributed by atoms with E-state index in [-0.39, 0.29) is 12.0 Å². The summed E-state index contributed by atoms with van der Waals surface area (Å²) >= 11 is 2.87. The smallest absolute Gasteiger partial charge is 0.326 e. The lowest BCUT2D eigenvalue weighted by Gasteiger charge is -2.29. The van der Waals surface area contributed by atoms with Crippen LogP contribution in [0.1, 0.15) is 26.6 Å². The highest BCUT2D eigenvalue weighted by Crippen LogP contribution is 2.25. The van der Waals surface area contributed by atoms with Crippen molar-refractivity contribution in [3.8, 4) is 0 Å². The number of aryl methyl sites for hydroxylation is 1. The van der Waals surface area contributed by atoms with Gasteiger partial charge in [0.1, 0.15) is 11.4 Å². The molecule has 0 aromatic carbocycles. The van der Waals surface area contributed by atoms with Crippen molar-refractivity contribution in [2.45, 2.75) is 43.6 Å². The van der Waals surface area contributed by atoms with E-state index in [0.717, 1.165) is 10.2 Å². The van der Waals surface area contributed by atoms with Crippen LogP contribution in [0.3, 0.4) is 0 Å². The van der Waals surface area contributed by atoms with Crippen LogP contribution in [0.25, 0.3) is 0 Å². The Bertz CT molecular complexity index is 409. The third-order valence-corrected chi connectivity index (χ3v) is 4.48. The molecular weight excluding hydrogens is 270 g/mol. The fourth-order valence-electron chi connectivity index (χ4n) is 1.56. The summed E-state index contributed by atoms with van der Waals surface area (Å²) in [7, 11) is 1.41. The summed E-state index contributed by atoms with van der Waals surface area (Å²) in [6.07, 6.45) is 0. The highest BCUT2D eigenvalue weighted by molar-refractivity contribution is 8.01. The molecule has 0 spiro atoms. The Kier molecular flexibility index (Phi) is 5.55. The molecule has 1 unspecified atom stereocenters. The zero-order valence-corrected chi connectivity index (χ0v) is 12.9. The summed E-state index contributed by atoms with van der Waals surface area (Å²) in [6.45, 7) is 7.70. The molecule has 1 aromatic rings. The first kappa shape index (κ1) is 15.4. The first-order chi connectivity index (χ1) is 8.37. The molecule has 0 aliphatic rings. The number of nitrogens with zero attached hydrogens (tertiary/aromatic N) is 2. The van der Waals surface area contributed by atoms with E-state index in [2.05, 4.69) is 14.7 Å². The summed E-state index contributed by atoms with van der Waals surface area (Å²) < 4.78 is 9.85. The van der Waals surface area contributed by atoms with Crippen molar-refractivity contribution in [2.24, 2.45) is 0 Å². The molecule has 1 N–H and O–H groups in total. The number of aromatic nitrogens is 2. The highest BCUT2D eigenvalue weighted by atomic mass is 32.2. The number of hydrogen-bond donors (Lipinski definition) is 1. The Labute approximate surface area is 116 Å². The molecule has 0 saturated carbocycles. The quantitative estimate of drug-likeness (QED) is 0.637. The number of rotatable bonds is 6. The first-order valence-electron chi connectivity index (χ1n) is 5.66. The lowest BCUT2D eigenvalue weighted by atomic mass is 10.0. The van der Waals surface area contributed by atoms with E-state index in [9.17, 15) is 4.79 Å². The average molecular weight is 289 g/mol. The number of carbonyl (C=O) groups is 1. The third kappa shape index (κ3) is 4.22. The van der Waals surface area contributed by atoms with Gasteiger partial charge in [0.2, 0.25) is 0 Å². The van der Waals surface area contributed by atoms with Gasteiger partial charge in [0.15, 0.2) is 4.34 Å². The van der Waals surface area contributed by atoms with Crippen LogP contribution in [0.15, 0.2) is 4.34 Å². The zero-order chi connectivity index (χ0) is 13.8. The van der Waals surface area contributed by atoms with E-state index in [0.29, 0.717) is 5.75 Å². The van der Waals surface area contributed by atoms with Gasteiger partial charge < -0.3 is 4.74 Å². The maximum absolute atomic E-state index is 11.9. The second-order valence-electron chi connectivity index (χ2n) is 4.52. The number of ether oxygens (including phenoxy) is 1. The van der Waals surface area contributed by atoms with Crippen molar-refractivity contribution in [3.63, 3.8) is 0 Å². The molecule has 0 amide bonds. The second-order valence-corrected chi connectivity index (χ2v) is 6.49. The predicted molar refractivity (Wildman–Crippen MR) is 74.1 cm³/mol. The fourth-order valence-corrected chi connectivity index (χ4v) is 3.30. The van der Waals surface area contributed by atoms with E-state index in [1.54, 1.807) is 0 Å². The predicted octanol–water partition coefficient (Wildman–Crippen LogP) is 1.87. The molecule has 0 fully saturated rings. The molecule has 1 rings (SSSR count). The molecule has 18 heavy (non-hydrogen) atoms. The summed E-state index contributed by atoms with van der Waals surface area (Å²) in [6, 6.07) is 0.200. The van der Waals surface area contributed by atoms with Crippen LogP contribution in [0.2, 0.25) is 0 Å². The minimum absolute atomic E-state index is 0.200. The fraction of sp³-hybridized carbons (Fsp3) is 0.727. The Hall–Kier alpha value is -0.660. The molecule has 1 aromatic heterocycles. The largest absolute Gasteiger partial charge is 0.468 e. The van der Waals surface area contributed by atoms with Crippen molar-refractivity contribution < 1.29 is 9.53 Å². The van der Waals surface area contributed by atoms with Gasteiger partial charge in [-0.1, -0.05) is 11.8 Å². The normalized spacial score (nSPS) is 14.6. The van der Waals surface area contributed by atoms with Crippen LogP contribution >= 0.6 is 23.3 Å². The van der Waals surface area contributed by atoms with Gasteiger partial charge in [-0.15, -0.1) is 0 Å². The lowest BCUT2D eigenvalue weighted by Crippen LogP contribution is -2.54. The van der Waals surface area contributed by atoms with Crippen molar-refractivity contribution in [1.29, 1.82) is 0 Å². The van der Waals surface area contributed by atoms with E-state index >= 15 is 0 Å². The maximum Gasteiger partial charge on any atom is 0.326 e. The molecule has 0 radical (unpaired) electrons. The Morgan fingerprint density at radius 2 is 2.28 bits per heavy atom. The molecule has 5 nitrogen and oxygen atoms in total. The molecule has 1 atom stereocenters. The molecule has 1 heterocycles. The molecule has 0 saturated heterocycles. The Balaban J connectivity index is 2.69. The first-order valence-corrected chi connectivity index (χ1v) is 7.42. The van der Waals surface area contributed by atoms with Gasteiger partial charge in [-0.3, -0.25) is 10.1 Å². The summed E-state index contributed by atoms with van der Waals surface area (Å²) in [5.74, 6) is 1.07. The van der Waals surface area contributed by atoms with Crippen LogP contribution in [0.5, 0.6) is 0 Å². The third-order valence-electron chi connectivity index (χ3n) is 2.24. The van der Waals surface area contributed by atoms with Gasteiger partial charge in [0.05, 0.1) is 7.11 Å². The second kappa shape index (κ2) is 6.49. The number of hydrogen-bond acceptors (Lipinski definition) is 7. The SMILES string of the molecule is COC(=O)C(C)(CSc1nc(C)ns1)NC(C)C. The van der Waals surface area contributed by atoms with Crippen LogP contribution in [0.4, 0.5) is 0 Å². The van der Waals surface area contributed by atoms with Crippen LogP contribution in [0, 0.1) is 6.92 Å². The van der Waals surface area contributed by atoms with Crippen LogP contribution < -0.4 is 5.32 Å². The van der Waals surface area contributed by atoms with Gasteiger partial charge in [-0.25, -0.2) is 4.98 Å². The van der Waals surface area contributed by atoms with Crippen molar-refractivity contribution in [1.82, 2.24) is 14.7 Å². The monoisotopic (exact) mass is 289 g/mol. The number of methoxy groups -OCH3 is 1. The van der Waals surface area contributed by atoms with Gasteiger partial charge >= 0.3 is 5.97 Å². The number of nitrogens with one attached hydrogen (secondary N) is 1. The van der Waals surface area contributed by atoms with Crippen LogP contribution in [-0.2, 0) is 9.53 Å². The summed E-state index contributed by atoms with van der Waals surface area (Å²) in [5, 5.41) is 3.25. The number of thioether (sulfide) groups is 1. The van der Waals surface area contributed by atoms with Crippen molar-refractivity contribution >= 4 is 29.3 Å². The lowest BCUT2D eigenvalue weighted by molar-refractivity contribution is -0.147. The minimum atomic E-state index is -0.715. The van der Waals surface area contributed by atoms with E-state index < -0.39 is 5.54 Å². The van der Waals surface area contributed by atoms with Gasteiger partial charge in [-0.05, 0) is 39.2 Å². The topological polar surface area (TPSA) is 64.1 Å². The van der Waals surface area contributed by atoms with Gasteiger partial charge in [-0.2, -0.15) is 4.37 Å².